The molecular formula is C24H26F3N5O3S2. The molecule has 8 nitrogen and oxygen atoms in total. The summed E-state index contributed by atoms with van der Waals surface area (Å²) in [5, 5.41) is 3.21. The zero-order valence-electron chi connectivity index (χ0n) is 20.4. The van der Waals surface area contributed by atoms with Crippen LogP contribution in [0.1, 0.15) is 54.3 Å². The van der Waals surface area contributed by atoms with Crippen molar-refractivity contribution in [2.75, 3.05) is 11.1 Å². The predicted octanol–water partition coefficient (Wildman–Crippen LogP) is 4.64. The molecule has 3 heterocycles. The number of nitrogens with one attached hydrogen (secondary N) is 1. The lowest BCUT2D eigenvalue weighted by Crippen LogP contribution is -2.26. The van der Waals surface area contributed by atoms with E-state index in [0.29, 0.717) is 18.2 Å². The molecule has 2 aromatic heterocycles. The maximum atomic E-state index is 12.9. The fourth-order valence-corrected chi connectivity index (χ4v) is 6.01. The minimum absolute atomic E-state index is 0.0103. The maximum absolute atomic E-state index is 12.9. The number of amides is 1. The van der Waals surface area contributed by atoms with Gasteiger partial charge in [0.2, 0.25) is 5.91 Å². The van der Waals surface area contributed by atoms with Gasteiger partial charge < -0.3 is 5.32 Å². The zero-order chi connectivity index (χ0) is 27.0. The summed E-state index contributed by atoms with van der Waals surface area (Å²) in [7, 11) is -3.42. The molecular weight excluding hydrogens is 527 g/mol. The number of aromatic nitrogens is 3. The van der Waals surface area contributed by atoms with Gasteiger partial charge in [-0.2, -0.15) is 13.2 Å². The summed E-state index contributed by atoms with van der Waals surface area (Å²) in [5.74, 6) is -0.0577. The Morgan fingerprint density at radius 1 is 1.19 bits per heavy atom. The van der Waals surface area contributed by atoms with Crippen LogP contribution in [0.3, 0.4) is 0 Å². The lowest BCUT2D eigenvalue weighted by atomic mass is 10.0. The highest BCUT2D eigenvalue weighted by Crippen LogP contribution is 2.43. The normalized spacial score (nSPS) is 16.2. The van der Waals surface area contributed by atoms with Crippen molar-refractivity contribution in [2.45, 2.75) is 57.4 Å². The van der Waals surface area contributed by atoms with Crippen molar-refractivity contribution in [1.82, 2.24) is 19.9 Å². The average Bonchev–Trinajstić information content (AvgIpc) is 3.35. The van der Waals surface area contributed by atoms with Gasteiger partial charge in [0.25, 0.3) is 0 Å². The molecule has 1 atom stereocenters. The van der Waals surface area contributed by atoms with Crippen molar-refractivity contribution in [3.8, 4) is 0 Å². The summed E-state index contributed by atoms with van der Waals surface area (Å²) >= 11 is 1.36. The number of carbonyl (C=O) groups excluding carboxylic acids is 1. The fraction of sp³-hybridized carbons (Fsp3) is 0.417. The fourth-order valence-electron chi connectivity index (χ4n) is 4.21. The summed E-state index contributed by atoms with van der Waals surface area (Å²) in [6.45, 7) is 6.68. The van der Waals surface area contributed by atoms with Crippen LogP contribution in [0.2, 0.25) is 0 Å². The number of benzene rings is 1. The van der Waals surface area contributed by atoms with E-state index in [1.54, 1.807) is 0 Å². The Bertz CT molecular complexity index is 1370. The molecule has 4 rings (SSSR count). The number of rotatable bonds is 8. The van der Waals surface area contributed by atoms with E-state index in [1.807, 2.05) is 0 Å². The third-order valence-corrected chi connectivity index (χ3v) is 8.69. The molecule has 0 saturated heterocycles. The van der Waals surface area contributed by atoms with E-state index >= 15 is 0 Å². The highest BCUT2D eigenvalue weighted by molar-refractivity contribution is 7.91. The van der Waals surface area contributed by atoms with E-state index in [0.717, 1.165) is 28.3 Å². The third-order valence-electron chi connectivity index (χ3n) is 6.03. The highest BCUT2D eigenvalue weighted by atomic mass is 32.2. The Balaban J connectivity index is 1.41. The topological polar surface area (TPSA) is 105 Å². The molecule has 3 aromatic rings. The summed E-state index contributed by atoms with van der Waals surface area (Å²) in [5.41, 5.74) is 0.958. The van der Waals surface area contributed by atoms with E-state index in [1.165, 1.54) is 42.8 Å². The number of halogens is 3. The van der Waals surface area contributed by atoms with Gasteiger partial charge in [-0.1, -0.05) is 32.9 Å². The largest absolute Gasteiger partial charge is 0.416 e. The quantitative estimate of drug-likeness (QED) is 0.433. The molecule has 1 aliphatic rings. The first-order valence-corrected chi connectivity index (χ1v) is 14.1. The molecule has 13 heteroatoms. The smallest absolute Gasteiger partial charge is 0.302 e. The van der Waals surface area contributed by atoms with Gasteiger partial charge in [-0.15, -0.1) is 11.3 Å². The van der Waals surface area contributed by atoms with Crippen molar-refractivity contribution in [1.29, 1.82) is 0 Å². The van der Waals surface area contributed by atoms with Gasteiger partial charge in [0.15, 0.2) is 15.0 Å². The SMILES string of the molecule is CCS(=O)(=O)c1cnc(CC(=O)Nc2nc3c(s2)CN(Cc2ccc(C(F)(F)F)cc2)[C@@H]3C(C)C)nc1. The first-order valence-electron chi connectivity index (χ1n) is 11.6. The van der Waals surface area contributed by atoms with E-state index in [9.17, 15) is 26.4 Å². The van der Waals surface area contributed by atoms with Crippen LogP contribution in [0.5, 0.6) is 0 Å². The molecule has 1 N–H and O–H groups in total. The van der Waals surface area contributed by atoms with Crippen LogP contribution < -0.4 is 5.32 Å². The Hall–Kier alpha value is -2.90. The molecule has 198 valence electrons. The van der Waals surface area contributed by atoms with Crippen molar-refractivity contribution >= 4 is 32.2 Å². The van der Waals surface area contributed by atoms with Crippen molar-refractivity contribution < 1.29 is 26.4 Å². The first kappa shape index (κ1) is 27.1. The Kier molecular flexibility index (Phi) is 7.67. The number of sulfone groups is 1. The summed E-state index contributed by atoms with van der Waals surface area (Å²) in [4.78, 5) is 28.3. The summed E-state index contributed by atoms with van der Waals surface area (Å²) in [6, 6.07) is 5.14. The van der Waals surface area contributed by atoms with Gasteiger partial charge in [-0.05, 0) is 23.6 Å². The van der Waals surface area contributed by atoms with Gasteiger partial charge in [-0.25, -0.2) is 23.4 Å². The van der Waals surface area contributed by atoms with Crippen LogP contribution in [-0.2, 0) is 40.3 Å². The molecule has 1 aliphatic heterocycles. The van der Waals surface area contributed by atoms with Crippen molar-refractivity contribution in [2.24, 2.45) is 5.92 Å². The molecule has 0 radical (unpaired) electrons. The van der Waals surface area contributed by atoms with Crippen LogP contribution in [0.15, 0.2) is 41.6 Å². The second-order valence-electron chi connectivity index (χ2n) is 9.08. The van der Waals surface area contributed by atoms with Gasteiger partial charge in [0.05, 0.1) is 29.5 Å². The molecule has 0 spiro atoms. The molecule has 0 bridgehead atoms. The molecule has 0 saturated carbocycles. The maximum Gasteiger partial charge on any atom is 0.416 e. The lowest BCUT2D eigenvalue weighted by molar-refractivity contribution is -0.137. The Morgan fingerprint density at radius 3 is 2.41 bits per heavy atom. The first-order chi connectivity index (χ1) is 17.4. The van der Waals surface area contributed by atoms with E-state index in [4.69, 9.17) is 0 Å². The standard InChI is InChI=1S/C24H26F3N5O3S2/c1-4-37(34,35)17-10-28-19(29-11-17)9-20(33)30-23-31-21-18(36-23)13-32(22(21)14(2)3)12-15-5-7-16(8-6-15)24(25,26)27/h5-8,10-11,14,22H,4,9,12-13H2,1-3H3,(H,30,31,33)/t22-/m1/s1. The number of hydrogen-bond acceptors (Lipinski definition) is 8. The van der Waals surface area contributed by atoms with E-state index in [2.05, 4.69) is 39.0 Å². The van der Waals surface area contributed by atoms with Gasteiger partial charge >= 0.3 is 6.18 Å². The molecule has 1 aromatic carbocycles. The monoisotopic (exact) mass is 553 g/mol. The van der Waals surface area contributed by atoms with Crippen molar-refractivity contribution in [3.63, 3.8) is 0 Å². The van der Waals surface area contributed by atoms with Gasteiger partial charge in [-0.3, -0.25) is 9.69 Å². The molecule has 0 unspecified atom stereocenters. The van der Waals surface area contributed by atoms with Crippen LogP contribution in [0.25, 0.3) is 0 Å². The van der Waals surface area contributed by atoms with Crippen molar-refractivity contribution in [3.05, 3.63) is 64.2 Å². The number of hydrogen-bond donors (Lipinski definition) is 1. The summed E-state index contributed by atoms with van der Waals surface area (Å²) < 4.78 is 62.4. The lowest BCUT2D eigenvalue weighted by Gasteiger charge is -2.27. The minimum Gasteiger partial charge on any atom is -0.302 e. The Morgan fingerprint density at radius 2 is 1.84 bits per heavy atom. The number of carbonyl (C=O) groups is 1. The molecule has 0 fully saturated rings. The van der Waals surface area contributed by atoms with Crippen LogP contribution in [0.4, 0.5) is 18.3 Å². The average molecular weight is 554 g/mol. The van der Waals surface area contributed by atoms with Crippen LogP contribution >= 0.6 is 11.3 Å². The third kappa shape index (κ3) is 6.16. The van der Waals surface area contributed by atoms with E-state index in [-0.39, 0.29) is 40.8 Å². The summed E-state index contributed by atoms with van der Waals surface area (Å²) in [6.07, 6.45) is -2.10. The number of alkyl halides is 3. The number of anilines is 1. The highest BCUT2D eigenvalue weighted by Gasteiger charge is 2.36. The van der Waals surface area contributed by atoms with Crippen LogP contribution in [0, 0.1) is 5.92 Å². The number of thiazole rings is 1. The Labute approximate surface area is 216 Å². The second-order valence-corrected chi connectivity index (χ2v) is 12.4. The molecule has 1 amide bonds. The second kappa shape index (κ2) is 10.5. The molecule has 37 heavy (non-hydrogen) atoms. The zero-order valence-corrected chi connectivity index (χ0v) is 22.0. The van der Waals surface area contributed by atoms with Gasteiger partial charge in [0, 0.05) is 30.4 Å². The van der Waals surface area contributed by atoms with Gasteiger partial charge in [0.1, 0.15) is 10.7 Å². The van der Waals surface area contributed by atoms with E-state index < -0.39 is 21.6 Å². The number of fused-ring (bicyclic) bond motifs is 1. The van der Waals surface area contributed by atoms with Crippen LogP contribution in [-0.4, -0.2) is 39.9 Å². The minimum atomic E-state index is -4.37. The predicted molar refractivity (Wildman–Crippen MR) is 132 cm³/mol. The molecule has 0 aliphatic carbocycles. The number of nitrogens with zero attached hydrogens (tertiary/aromatic N) is 4.